The number of benzene rings is 1. The lowest BCUT2D eigenvalue weighted by atomic mass is 10.0. The molecule has 4 rings (SSSR count). The first-order valence-electron chi connectivity index (χ1n) is 10.3. The van der Waals surface area contributed by atoms with E-state index in [1.807, 2.05) is 0 Å². The molecular weight excluding hydrogens is 439 g/mol. The molecule has 0 unspecified atom stereocenters. The number of amides is 3. The van der Waals surface area contributed by atoms with Crippen LogP contribution in [0.1, 0.15) is 51.4 Å². The second kappa shape index (κ2) is 8.05. The van der Waals surface area contributed by atoms with Crippen molar-refractivity contribution in [3.05, 3.63) is 51.6 Å². The molecule has 1 aromatic heterocycles. The molecule has 0 atom stereocenters. The lowest BCUT2D eigenvalue weighted by molar-refractivity contribution is -0.127. The fourth-order valence-corrected chi connectivity index (χ4v) is 4.42. The van der Waals surface area contributed by atoms with Crippen LogP contribution in [0.3, 0.4) is 0 Å². The van der Waals surface area contributed by atoms with Crippen LogP contribution in [0.5, 0.6) is 0 Å². The minimum Gasteiger partial charge on any atom is -0.357 e. The first-order chi connectivity index (χ1) is 15.2. The van der Waals surface area contributed by atoms with E-state index in [0.717, 1.165) is 12.5 Å². The molecule has 3 amide bonds. The van der Waals surface area contributed by atoms with E-state index in [-0.39, 0.29) is 22.2 Å². The molecule has 0 saturated heterocycles. The predicted molar refractivity (Wildman–Crippen MR) is 115 cm³/mol. The summed E-state index contributed by atoms with van der Waals surface area (Å²) >= 11 is 5.79. The normalized spacial score (nSPS) is 15.6. The fraction of sp³-hybridized carbons (Fsp3) is 0.364. The summed E-state index contributed by atoms with van der Waals surface area (Å²) in [5, 5.41) is 7.61. The minimum atomic E-state index is -1.04. The van der Waals surface area contributed by atoms with Crippen molar-refractivity contribution in [3.8, 4) is 0 Å². The van der Waals surface area contributed by atoms with Crippen LogP contribution >= 0.6 is 11.6 Å². The Morgan fingerprint density at radius 1 is 1.19 bits per heavy atom. The Morgan fingerprint density at radius 2 is 1.91 bits per heavy atom. The number of rotatable bonds is 6. The second-order valence-electron chi connectivity index (χ2n) is 8.08. The molecule has 1 saturated carbocycles. The molecule has 1 fully saturated rings. The maximum atomic E-state index is 13.4. The molecule has 0 bridgehead atoms. The van der Waals surface area contributed by atoms with Crippen LogP contribution in [0.2, 0.25) is 5.02 Å². The summed E-state index contributed by atoms with van der Waals surface area (Å²) in [6.45, 7) is 2.14. The number of likely N-dealkylation sites (N-methyl/N-ethyl adjacent to an activating group) is 1. The monoisotopic (exact) mass is 460 g/mol. The summed E-state index contributed by atoms with van der Waals surface area (Å²) in [6.07, 6.45) is 2.20. The maximum Gasteiger partial charge on any atom is 0.293 e. The highest BCUT2D eigenvalue weighted by atomic mass is 35.5. The molecule has 1 aromatic carbocycles. The van der Waals surface area contributed by atoms with Gasteiger partial charge in [-0.2, -0.15) is 0 Å². The largest absolute Gasteiger partial charge is 0.357 e. The molecule has 2 heterocycles. The highest BCUT2D eigenvalue weighted by molar-refractivity contribution is 6.44. The summed E-state index contributed by atoms with van der Waals surface area (Å²) < 4.78 is 15.2. The zero-order valence-corrected chi connectivity index (χ0v) is 18.4. The highest BCUT2D eigenvalue weighted by Gasteiger charge is 2.51. The zero-order valence-electron chi connectivity index (χ0n) is 17.6. The number of fused-ring (bicyclic) bond motifs is 1. The van der Waals surface area contributed by atoms with Crippen LogP contribution in [0.25, 0.3) is 0 Å². The van der Waals surface area contributed by atoms with E-state index in [1.54, 1.807) is 11.5 Å². The van der Waals surface area contributed by atoms with E-state index >= 15 is 0 Å². The van der Waals surface area contributed by atoms with Gasteiger partial charge in [-0.3, -0.25) is 19.2 Å². The summed E-state index contributed by atoms with van der Waals surface area (Å²) in [5.74, 6) is -3.07. The van der Waals surface area contributed by atoms with E-state index in [2.05, 4.69) is 16.0 Å². The highest BCUT2D eigenvalue weighted by Crippen LogP contribution is 2.36. The Kier molecular flexibility index (Phi) is 5.54. The third kappa shape index (κ3) is 3.66. The summed E-state index contributed by atoms with van der Waals surface area (Å²) in [5.41, 5.74) is 0.725. The van der Waals surface area contributed by atoms with Crippen LogP contribution < -0.4 is 16.0 Å². The molecular formula is C22H22ClFN4O4. The molecule has 168 valence electrons. The fourth-order valence-electron chi connectivity index (χ4n) is 4.24. The zero-order chi connectivity index (χ0) is 23.2. The number of ketones is 1. The van der Waals surface area contributed by atoms with Gasteiger partial charge in [0.25, 0.3) is 17.6 Å². The summed E-state index contributed by atoms with van der Waals surface area (Å²) in [7, 11) is 1.47. The number of nitrogens with one attached hydrogen (secondary N) is 3. The molecule has 32 heavy (non-hydrogen) atoms. The molecule has 3 N–H and O–H groups in total. The van der Waals surface area contributed by atoms with E-state index < -0.39 is 29.0 Å². The molecule has 8 nitrogen and oxygen atoms in total. The van der Waals surface area contributed by atoms with Crippen molar-refractivity contribution >= 4 is 40.8 Å². The van der Waals surface area contributed by atoms with Crippen molar-refractivity contribution in [2.24, 2.45) is 0 Å². The molecule has 1 aliphatic carbocycles. The van der Waals surface area contributed by atoms with E-state index in [1.165, 1.54) is 19.2 Å². The van der Waals surface area contributed by atoms with Gasteiger partial charge in [0, 0.05) is 25.0 Å². The van der Waals surface area contributed by atoms with Gasteiger partial charge in [-0.05, 0) is 56.4 Å². The lowest BCUT2D eigenvalue weighted by Crippen LogP contribution is -2.50. The van der Waals surface area contributed by atoms with Crippen LogP contribution in [0.4, 0.5) is 10.1 Å². The Balaban J connectivity index is 1.62. The number of nitrogens with zero attached hydrogens (tertiary/aromatic N) is 1. The SMILES string of the molecule is CNC(=O)C1(NC(=O)C(=O)c2c(C)c(C(=O)Nc3ccc(F)c(Cl)c3)n3c2CCC3)CC1. The first kappa shape index (κ1) is 22.0. The van der Waals surface area contributed by atoms with Crippen molar-refractivity contribution in [3.63, 3.8) is 0 Å². The Bertz CT molecular complexity index is 1170. The number of carbonyl (C=O) groups excluding carboxylic acids is 4. The van der Waals surface area contributed by atoms with Crippen LogP contribution in [-0.2, 0) is 22.6 Å². The van der Waals surface area contributed by atoms with E-state index in [0.29, 0.717) is 42.8 Å². The van der Waals surface area contributed by atoms with Crippen molar-refractivity contribution in [1.82, 2.24) is 15.2 Å². The number of carbonyl (C=O) groups is 4. The number of hydrogen-bond donors (Lipinski definition) is 3. The molecule has 10 heteroatoms. The van der Waals surface area contributed by atoms with Crippen molar-refractivity contribution in [1.29, 1.82) is 0 Å². The van der Waals surface area contributed by atoms with Gasteiger partial charge in [0.05, 0.1) is 10.6 Å². The molecule has 0 spiro atoms. The van der Waals surface area contributed by atoms with Crippen LogP contribution in [-0.4, -0.2) is 40.7 Å². The average Bonchev–Trinajstić information content (AvgIpc) is 3.29. The smallest absolute Gasteiger partial charge is 0.293 e. The predicted octanol–water partition coefficient (Wildman–Crippen LogP) is 2.37. The van der Waals surface area contributed by atoms with Crippen molar-refractivity contribution < 1.29 is 23.6 Å². The first-order valence-corrected chi connectivity index (χ1v) is 10.6. The Hall–Kier alpha value is -3.20. The minimum absolute atomic E-state index is 0.127. The van der Waals surface area contributed by atoms with Crippen molar-refractivity contribution in [2.45, 2.75) is 44.7 Å². The lowest BCUT2D eigenvalue weighted by Gasteiger charge is -2.15. The maximum absolute atomic E-state index is 13.4. The standard InChI is InChI=1S/C22H22ClFN4O4/c1-11-16(18(29)20(31)27-22(7-8-22)21(32)25-2)15-4-3-9-28(15)17(11)19(30)26-12-5-6-14(24)13(23)10-12/h5-6,10H,3-4,7-9H2,1-2H3,(H,25,32)(H,26,30)(H,27,31). The molecule has 2 aliphatic rings. The van der Waals surface area contributed by atoms with Gasteiger partial charge in [-0.15, -0.1) is 0 Å². The Morgan fingerprint density at radius 3 is 2.53 bits per heavy atom. The third-order valence-corrected chi connectivity index (χ3v) is 6.29. The van der Waals surface area contributed by atoms with Gasteiger partial charge in [-0.1, -0.05) is 11.6 Å². The molecule has 1 aliphatic heterocycles. The van der Waals surface area contributed by atoms with Crippen LogP contribution in [0, 0.1) is 12.7 Å². The number of hydrogen-bond acceptors (Lipinski definition) is 4. The van der Waals surface area contributed by atoms with Gasteiger partial charge in [-0.25, -0.2) is 4.39 Å². The van der Waals surface area contributed by atoms with Gasteiger partial charge >= 0.3 is 0 Å². The van der Waals surface area contributed by atoms with Crippen molar-refractivity contribution in [2.75, 3.05) is 12.4 Å². The number of halogens is 2. The third-order valence-electron chi connectivity index (χ3n) is 6.00. The number of anilines is 1. The van der Waals surface area contributed by atoms with Gasteiger partial charge in [0.2, 0.25) is 5.91 Å². The number of Topliss-reactive ketones (excluding diaryl/α,β-unsaturated/α-hetero) is 1. The van der Waals surface area contributed by atoms with Gasteiger partial charge < -0.3 is 20.5 Å². The van der Waals surface area contributed by atoms with Gasteiger partial charge in [0.15, 0.2) is 0 Å². The Labute approximate surface area is 188 Å². The van der Waals surface area contributed by atoms with E-state index in [4.69, 9.17) is 11.6 Å². The quantitative estimate of drug-likeness (QED) is 0.454. The molecule has 0 radical (unpaired) electrons. The molecule has 2 aromatic rings. The van der Waals surface area contributed by atoms with Crippen LogP contribution in [0.15, 0.2) is 18.2 Å². The average molecular weight is 461 g/mol. The number of aromatic nitrogens is 1. The summed E-state index contributed by atoms with van der Waals surface area (Å²) in [4.78, 5) is 50.8. The van der Waals surface area contributed by atoms with Gasteiger partial charge in [0.1, 0.15) is 17.1 Å². The topological polar surface area (TPSA) is 109 Å². The van der Waals surface area contributed by atoms with E-state index in [9.17, 15) is 23.6 Å². The second-order valence-corrected chi connectivity index (χ2v) is 8.49. The summed E-state index contributed by atoms with van der Waals surface area (Å²) in [6, 6.07) is 3.83.